The van der Waals surface area contributed by atoms with Gasteiger partial charge in [-0.1, -0.05) is 6.07 Å². The zero-order valence-corrected chi connectivity index (χ0v) is 16.1. The molecular weight excluding hydrogens is 356 g/mol. The molecule has 1 fully saturated rings. The van der Waals surface area contributed by atoms with Crippen LogP contribution in [-0.4, -0.2) is 33.4 Å². The third-order valence-corrected chi connectivity index (χ3v) is 4.93. The van der Waals surface area contributed by atoms with E-state index >= 15 is 0 Å². The van der Waals surface area contributed by atoms with E-state index in [1.807, 2.05) is 20.0 Å². The van der Waals surface area contributed by atoms with Crippen molar-refractivity contribution in [1.82, 2.24) is 19.7 Å². The first kappa shape index (κ1) is 18.2. The van der Waals surface area contributed by atoms with Crippen LogP contribution in [0, 0.1) is 19.8 Å². The lowest BCUT2D eigenvalue weighted by Gasteiger charge is -2.12. The lowest BCUT2D eigenvalue weighted by atomic mass is 10.1. The molecule has 3 aromatic rings. The van der Waals surface area contributed by atoms with E-state index in [0.717, 1.165) is 28.8 Å². The summed E-state index contributed by atoms with van der Waals surface area (Å²) in [5.74, 6) is 2.00. The van der Waals surface area contributed by atoms with Crippen LogP contribution in [0.4, 0.5) is 0 Å². The Balaban J connectivity index is 1.52. The summed E-state index contributed by atoms with van der Waals surface area (Å²) in [7, 11) is 1.45. The van der Waals surface area contributed by atoms with Gasteiger partial charge < -0.3 is 9.57 Å². The maximum Gasteiger partial charge on any atom is 0.282 e. The highest BCUT2D eigenvalue weighted by Crippen LogP contribution is 2.47. The number of rotatable bonds is 6. The monoisotopic (exact) mass is 378 g/mol. The Morgan fingerprint density at radius 1 is 1.14 bits per heavy atom. The Bertz CT molecular complexity index is 1050. The van der Waals surface area contributed by atoms with Crippen LogP contribution >= 0.6 is 0 Å². The SMILES string of the molecule is COn1cc(-c2cnc(C)nc2OCC2CC2c2ccc(C)cn2)ccc1=O. The molecule has 1 saturated carbocycles. The van der Waals surface area contributed by atoms with E-state index in [-0.39, 0.29) is 5.56 Å². The fourth-order valence-corrected chi connectivity index (χ4v) is 3.21. The highest BCUT2D eigenvalue weighted by Gasteiger charge is 2.40. The molecule has 0 saturated heterocycles. The zero-order valence-electron chi connectivity index (χ0n) is 16.1. The maximum atomic E-state index is 11.8. The molecule has 0 amide bonds. The van der Waals surface area contributed by atoms with E-state index in [0.29, 0.717) is 30.1 Å². The van der Waals surface area contributed by atoms with Gasteiger partial charge in [0.1, 0.15) is 12.9 Å². The normalized spacial score (nSPS) is 18.0. The van der Waals surface area contributed by atoms with Crippen molar-refractivity contribution in [3.8, 4) is 17.0 Å². The van der Waals surface area contributed by atoms with Crippen molar-refractivity contribution in [2.24, 2.45) is 5.92 Å². The van der Waals surface area contributed by atoms with Crippen molar-refractivity contribution >= 4 is 0 Å². The topological polar surface area (TPSA) is 79.1 Å². The van der Waals surface area contributed by atoms with Gasteiger partial charge in [-0.15, -0.1) is 0 Å². The lowest BCUT2D eigenvalue weighted by molar-refractivity contribution is 0.157. The standard InChI is InChI=1S/C21H22N4O3/c1-13-4-6-19(23-9-13)17-8-16(17)12-28-21-18(10-22-14(2)24-21)15-5-7-20(26)25(11-15)27-3/h4-7,9-11,16-17H,8,12H2,1-3H3. The van der Waals surface area contributed by atoms with Gasteiger partial charge in [0, 0.05) is 41.6 Å². The largest absolute Gasteiger partial charge is 0.477 e. The summed E-state index contributed by atoms with van der Waals surface area (Å²) in [4.78, 5) is 30.1. The molecule has 0 N–H and O–H groups in total. The Morgan fingerprint density at radius 2 is 2.00 bits per heavy atom. The number of ether oxygens (including phenoxy) is 1. The van der Waals surface area contributed by atoms with Gasteiger partial charge in [0.05, 0.1) is 18.4 Å². The number of hydrogen-bond acceptors (Lipinski definition) is 6. The lowest BCUT2D eigenvalue weighted by Crippen LogP contribution is -2.23. The van der Waals surface area contributed by atoms with Crippen molar-refractivity contribution in [3.05, 3.63) is 70.3 Å². The number of hydrogen-bond donors (Lipinski definition) is 0. The van der Waals surface area contributed by atoms with Crippen molar-refractivity contribution in [2.45, 2.75) is 26.2 Å². The molecule has 7 nitrogen and oxygen atoms in total. The summed E-state index contributed by atoms with van der Waals surface area (Å²) in [6.07, 6.45) is 6.29. The van der Waals surface area contributed by atoms with E-state index in [1.165, 1.54) is 17.9 Å². The Kier molecular flexibility index (Phi) is 4.81. The first-order valence-electron chi connectivity index (χ1n) is 9.21. The number of aromatic nitrogens is 4. The summed E-state index contributed by atoms with van der Waals surface area (Å²) in [5.41, 5.74) is 3.51. The van der Waals surface area contributed by atoms with Gasteiger partial charge in [0.15, 0.2) is 0 Å². The van der Waals surface area contributed by atoms with Gasteiger partial charge in [-0.25, -0.2) is 4.98 Å². The van der Waals surface area contributed by atoms with Crippen molar-refractivity contribution in [1.29, 1.82) is 0 Å². The minimum absolute atomic E-state index is 0.242. The van der Waals surface area contributed by atoms with Crippen LogP contribution in [0.2, 0.25) is 0 Å². The van der Waals surface area contributed by atoms with Crippen LogP contribution in [0.5, 0.6) is 5.88 Å². The molecule has 1 aliphatic rings. The molecule has 1 aliphatic carbocycles. The van der Waals surface area contributed by atoms with Crippen LogP contribution in [0.1, 0.15) is 29.4 Å². The molecule has 3 heterocycles. The van der Waals surface area contributed by atoms with E-state index in [4.69, 9.17) is 9.57 Å². The second-order valence-electron chi connectivity index (χ2n) is 7.07. The second kappa shape index (κ2) is 7.42. The molecule has 3 aromatic heterocycles. The second-order valence-corrected chi connectivity index (χ2v) is 7.07. The molecule has 0 aromatic carbocycles. The molecule has 4 rings (SSSR count). The third kappa shape index (κ3) is 3.74. The zero-order chi connectivity index (χ0) is 19.7. The number of nitrogens with zero attached hydrogens (tertiary/aromatic N) is 4. The summed E-state index contributed by atoms with van der Waals surface area (Å²) in [5, 5.41) is 0. The average molecular weight is 378 g/mol. The maximum absolute atomic E-state index is 11.8. The van der Waals surface area contributed by atoms with Gasteiger partial charge >= 0.3 is 0 Å². The molecule has 144 valence electrons. The molecule has 0 bridgehead atoms. The van der Waals surface area contributed by atoms with Crippen LogP contribution in [0.3, 0.4) is 0 Å². The van der Waals surface area contributed by atoms with Crippen molar-refractivity contribution < 1.29 is 9.57 Å². The Hall–Kier alpha value is -3.22. The third-order valence-electron chi connectivity index (χ3n) is 4.93. The van der Waals surface area contributed by atoms with E-state index in [1.54, 1.807) is 18.5 Å². The molecule has 7 heteroatoms. The molecule has 2 unspecified atom stereocenters. The molecule has 0 spiro atoms. The first-order chi connectivity index (χ1) is 13.5. The average Bonchev–Trinajstić information content (AvgIpc) is 3.47. The first-order valence-corrected chi connectivity index (χ1v) is 9.21. The minimum Gasteiger partial charge on any atom is -0.477 e. The van der Waals surface area contributed by atoms with Crippen molar-refractivity contribution in [3.63, 3.8) is 0 Å². The van der Waals surface area contributed by atoms with Gasteiger partial charge in [-0.3, -0.25) is 9.78 Å². The van der Waals surface area contributed by atoms with Gasteiger partial charge in [0.25, 0.3) is 5.56 Å². The van der Waals surface area contributed by atoms with Gasteiger partial charge in [0.2, 0.25) is 5.88 Å². The number of aryl methyl sites for hydroxylation is 2. The van der Waals surface area contributed by atoms with E-state index < -0.39 is 0 Å². The Morgan fingerprint density at radius 3 is 2.75 bits per heavy atom. The van der Waals surface area contributed by atoms with Crippen LogP contribution in [0.25, 0.3) is 11.1 Å². The highest BCUT2D eigenvalue weighted by atomic mass is 16.6. The van der Waals surface area contributed by atoms with E-state index in [9.17, 15) is 4.79 Å². The Labute approximate surface area is 163 Å². The van der Waals surface area contributed by atoms with Crippen LogP contribution in [0.15, 0.2) is 47.7 Å². The molecule has 28 heavy (non-hydrogen) atoms. The van der Waals surface area contributed by atoms with Gasteiger partial charge in [-0.2, -0.15) is 9.71 Å². The predicted molar refractivity (Wildman–Crippen MR) is 104 cm³/mol. The van der Waals surface area contributed by atoms with Crippen molar-refractivity contribution in [2.75, 3.05) is 13.7 Å². The molecule has 0 aliphatic heterocycles. The highest BCUT2D eigenvalue weighted by molar-refractivity contribution is 5.66. The predicted octanol–water partition coefficient (Wildman–Crippen LogP) is 2.56. The van der Waals surface area contributed by atoms with Crippen LogP contribution < -0.4 is 15.1 Å². The summed E-state index contributed by atoms with van der Waals surface area (Å²) >= 11 is 0. The van der Waals surface area contributed by atoms with Crippen LogP contribution in [-0.2, 0) is 0 Å². The summed E-state index contributed by atoms with van der Waals surface area (Å²) < 4.78 is 7.23. The molecule has 2 atom stereocenters. The minimum atomic E-state index is -0.242. The fraction of sp³-hybridized carbons (Fsp3) is 0.333. The summed E-state index contributed by atoms with van der Waals surface area (Å²) in [6, 6.07) is 7.35. The summed E-state index contributed by atoms with van der Waals surface area (Å²) in [6.45, 7) is 4.42. The van der Waals surface area contributed by atoms with E-state index in [2.05, 4.69) is 27.1 Å². The number of pyridine rings is 2. The molecular formula is C21H22N4O3. The fourth-order valence-electron chi connectivity index (χ4n) is 3.21. The molecule has 0 radical (unpaired) electrons. The van der Waals surface area contributed by atoms with Gasteiger partial charge in [-0.05, 0) is 38.0 Å². The smallest absolute Gasteiger partial charge is 0.282 e. The quantitative estimate of drug-likeness (QED) is 0.656.